The van der Waals surface area contributed by atoms with Crippen molar-refractivity contribution >= 4 is 5.97 Å². The molecule has 1 aliphatic heterocycles. The van der Waals surface area contributed by atoms with E-state index in [9.17, 15) is 4.79 Å². The number of allylic oxidation sites excluding steroid dienone is 1. The Hall–Kier alpha value is -1.05. The summed E-state index contributed by atoms with van der Waals surface area (Å²) < 4.78 is 5.41. The van der Waals surface area contributed by atoms with Gasteiger partial charge in [-0.05, 0) is 48.9 Å². The molecule has 1 saturated heterocycles. The van der Waals surface area contributed by atoms with Gasteiger partial charge in [-0.3, -0.25) is 0 Å². The van der Waals surface area contributed by atoms with Gasteiger partial charge in [0.15, 0.2) is 0 Å². The first-order valence-electron chi connectivity index (χ1n) is 7.78. The minimum atomic E-state index is -0.211. The smallest absolute Gasteiger partial charge is 0.333 e. The lowest BCUT2D eigenvalue weighted by molar-refractivity contribution is -0.139. The minimum absolute atomic E-state index is 0.0131. The zero-order valence-corrected chi connectivity index (χ0v) is 13.2. The fourth-order valence-electron chi connectivity index (χ4n) is 3.75. The van der Waals surface area contributed by atoms with E-state index in [1.807, 2.05) is 0 Å². The molecule has 0 aromatic rings. The second kappa shape index (κ2) is 5.38. The largest absolute Gasteiger partial charge is 0.459 e. The van der Waals surface area contributed by atoms with Crippen molar-refractivity contribution in [3.8, 4) is 0 Å². The molecule has 2 rings (SSSR count). The van der Waals surface area contributed by atoms with E-state index in [0.29, 0.717) is 17.4 Å². The maximum Gasteiger partial charge on any atom is 0.333 e. The lowest BCUT2D eigenvalue weighted by Gasteiger charge is -2.43. The SMILES string of the molecule is C=CC1(CC2CC(=C)C(=O)O2)CCC(C(C)(C)C)CC1. The molecular weight excluding hydrogens is 248 g/mol. The van der Waals surface area contributed by atoms with Crippen LogP contribution in [-0.2, 0) is 9.53 Å². The number of rotatable bonds is 3. The third-order valence-electron chi connectivity index (χ3n) is 5.31. The zero-order valence-electron chi connectivity index (χ0n) is 13.2. The van der Waals surface area contributed by atoms with Crippen molar-refractivity contribution in [2.45, 2.75) is 65.4 Å². The lowest BCUT2D eigenvalue weighted by Crippen LogP contribution is -2.33. The van der Waals surface area contributed by atoms with Crippen molar-refractivity contribution in [1.82, 2.24) is 0 Å². The van der Waals surface area contributed by atoms with E-state index in [1.54, 1.807) is 0 Å². The van der Waals surface area contributed by atoms with Crippen molar-refractivity contribution in [2.75, 3.05) is 0 Å². The average Bonchev–Trinajstić information content (AvgIpc) is 2.67. The zero-order chi connectivity index (χ0) is 15.0. The van der Waals surface area contributed by atoms with E-state index in [2.05, 4.69) is 40.0 Å². The Kier molecular flexibility index (Phi) is 4.13. The second-order valence-electron chi connectivity index (χ2n) is 7.75. The summed E-state index contributed by atoms with van der Waals surface area (Å²) in [6, 6.07) is 0. The van der Waals surface area contributed by atoms with Crippen molar-refractivity contribution in [2.24, 2.45) is 16.7 Å². The Morgan fingerprint density at radius 3 is 2.35 bits per heavy atom. The van der Waals surface area contributed by atoms with Gasteiger partial charge in [0.1, 0.15) is 6.10 Å². The molecule has 20 heavy (non-hydrogen) atoms. The fraction of sp³-hybridized carbons (Fsp3) is 0.722. The molecule has 1 unspecified atom stereocenters. The van der Waals surface area contributed by atoms with Crippen molar-refractivity contribution in [3.63, 3.8) is 0 Å². The summed E-state index contributed by atoms with van der Waals surface area (Å²) in [5.74, 6) is 0.578. The topological polar surface area (TPSA) is 26.3 Å². The van der Waals surface area contributed by atoms with Gasteiger partial charge in [0.05, 0.1) is 0 Å². The Labute approximate surface area is 123 Å². The summed E-state index contributed by atoms with van der Waals surface area (Å²) in [6.07, 6.45) is 8.56. The van der Waals surface area contributed by atoms with Crippen LogP contribution in [0, 0.1) is 16.7 Å². The summed E-state index contributed by atoms with van der Waals surface area (Å²) >= 11 is 0. The molecule has 1 saturated carbocycles. The van der Waals surface area contributed by atoms with E-state index in [4.69, 9.17) is 4.74 Å². The summed E-state index contributed by atoms with van der Waals surface area (Å²) in [5.41, 5.74) is 1.16. The molecule has 0 N–H and O–H groups in total. The highest BCUT2D eigenvalue weighted by Gasteiger charge is 2.40. The number of hydrogen-bond donors (Lipinski definition) is 0. The van der Waals surface area contributed by atoms with Gasteiger partial charge in [-0.1, -0.05) is 33.4 Å². The van der Waals surface area contributed by atoms with Crippen LogP contribution >= 0.6 is 0 Å². The van der Waals surface area contributed by atoms with Crippen LogP contribution in [-0.4, -0.2) is 12.1 Å². The number of hydrogen-bond acceptors (Lipinski definition) is 2. The van der Waals surface area contributed by atoms with Crippen molar-refractivity contribution in [1.29, 1.82) is 0 Å². The first kappa shape index (κ1) is 15.3. The average molecular weight is 276 g/mol. The first-order valence-corrected chi connectivity index (χ1v) is 7.78. The molecule has 2 nitrogen and oxygen atoms in total. The van der Waals surface area contributed by atoms with Crippen molar-refractivity contribution in [3.05, 3.63) is 24.8 Å². The third-order valence-corrected chi connectivity index (χ3v) is 5.31. The fourth-order valence-corrected chi connectivity index (χ4v) is 3.75. The van der Waals surface area contributed by atoms with Crippen LogP contribution in [0.2, 0.25) is 0 Å². The Balaban J connectivity index is 1.97. The van der Waals surface area contributed by atoms with Crippen LogP contribution in [0.1, 0.15) is 59.3 Å². The van der Waals surface area contributed by atoms with Gasteiger partial charge in [0.2, 0.25) is 0 Å². The van der Waals surface area contributed by atoms with Gasteiger partial charge in [0, 0.05) is 12.0 Å². The number of esters is 1. The normalized spacial score (nSPS) is 35.0. The molecule has 1 heterocycles. The Morgan fingerprint density at radius 2 is 1.95 bits per heavy atom. The summed E-state index contributed by atoms with van der Waals surface area (Å²) in [7, 11) is 0. The van der Waals surface area contributed by atoms with E-state index in [1.165, 1.54) is 25.7 Å². The van der Waals surface area contributed by atoms with Crippen LogP contribution in [0.5, 0.6) is 0 Å². The van der Waals surface area contributed by atoms with E-state index < -0.39 is 0 Å². The molecule has 0 spiro atoms. The van der Waals surface area contributed by atoms with E-state index in [0.717, 1.165) is 12.3 Å². The number of carbonyl (C=O) groups excluding carboxylic acids is 1. The summed E-state index contributed by atoms with van der Waals surface area (Å²) in [6.45, 7) is 14.8. The molecule has 0 radical (unpaired) electrons. The molecule has 1 aliphatic carbocycles. The van der Waals surface area contributed by atoms with Gasteiger partial charge in [-0.2, -0.15) is 0 Å². The second-order valence-corrected chi connectivity index (χ2v) is 7.75. The highest BCUT2D eigenvalue weighted by Crippen LogP contribution is 2.49. The first-order chi connectivity index (χ1) is 9.26. The van der Waals surface area contributed by atoms with Crippen LogP contribution in [0.25, 0.3) is 0 Å². The van der Waals surface area contributed by atoms with Crippen molar-refractivity contribution < 1.29 is 9.53 Å². The molecule has 0 bridgehead atoms. The quantitative estimate of drug-likeness (QED) is 0.426. The van der Waals surface area contributed by atoms with Crippen LogP contribution in [0.15, 0.2) is 24.8 Å². The van der Waals surface area contributed by atoms with Crippen LogP contribution in [0.4, 0.5) is 0 Å². The van der Waals surface area contributed by atoms with Gasteiger partial charge < -0.3 is 4.74 Å². The molecule has 1 atom stereocenters. The minimum Gasteiger partial charge on any atom is -0.459 e. The lowest BCUT2D eigenvalue weighted by atomic mass is 9.62. The summed E-state index contributed by atoms with van der Waals surface area (Å²) in [5, 5.41) is 0. The molecule has 0 aromatic heterocycles. The molecular formula is C18H28O2. The number of cyclic esters (lactones) is 1. The predicted octanol–water partition coefficient (Wildman–Crippen LogP) is 4.66. The van der Waals surface area contributed by atoms with Gasteiger partial charge >= 0.3 is 5.97 Å². The predicted molar refractivity (Wildman–Crippen MR) is 82.3 cm³/mol. The maximum absolute atomic E-state index is 11.5. The number of ether oxygens (including phenoxy) is 1. The molecule has 2 aliphatic rings. The molecule has 112 valence electrons. The Bertz CT molecular complexity index is 390. The van der Waals surface area contributed by atoms with Crippen LogP contribution in [0.3, 0.4) is 0 Å². The molecule has 0 aromatic carbocycles. The summed E-state index contributed by atoms with van der Waals surface area (Å²) in [4.78, 5) is 11.5. The highest BCUT2D eigenvalue weighted by atomic mass is 16.5. The van der Waals surface area contributed by atoms with Gasteiger partial charge in [-0.15, -0.1) is 6.58 Å². The monoisotopic (exact) mass is 276 g/mol. The number of carbonyl (C=O) groups is 1. The molecule has 2 fully saturated rings. The maximum atomic E-state index is 11.5. The van der Waals surface area contributed by atoms with Gasteiger partial charge in [0.25, 0.3) is 0 Å². The molecule has 2 heteroatoms. The Morgan fingerprint density at radius 1 is 1.35 bits per heavy atom. The van der Waals surface area contributed by atoms with Crippen LogP contribution < -0.4 is 0 Å². The third kappa shape index (κ3) is 3.16. The molecule has 0 amide bonds. The highest BCUT2D eigenvalue weighted by molar-refractivity contribution is 5.89. The van der Waals surface area contributed by atoms with Gasteiger partial charge in [-0.25, -0.2) is 4.79 Å². The van der Waals surface area contributed by atoms with E-state index >= 15 is 0 Å². The standard InChI is InChI=1S/C18H28O2/c1-6-18(12-15-11-13(2)16(19)20-15)9-7-14(8-10-18)17(3,4)5/h6,14-15H,1-2,7-12H2,3-5H3. The van der Waals surface area contributed by atoms with E-state index in [-0.39, 0.29) is 17.5 Å².